The molecule has 1 aromatic carbocycles. The average molecular weight is 460 g/mol. The first-order valence-corrected chi connectivity index (χ1v) is 10.0. The van der Waals surface area contributed by atoms with Gasteiger partial charge in [0.15, 0.2) is 5.67 Å². The maximum atomic E-state index is 15.4. The molecule has 0 spiro atoms. The van der Waals surface area contributed by atoms with Gasteiger partial charge in [0.25, 0.3) is 5.91 Å². The Morgan fingerprint density at radius 1 is 1.25 bits per heavy atom. The minimum atomic E-state index is -4.83. The Hall–Kier alpha value is -2.76. The van der Waals surface area contributed by atoms with Gasteiger partial charge in [0.1, 0.15) is 18.2 Å². The number of carbonyl (C=O) groups excluding carboxylic acids is 1. The Kier molecular flexibility index (Phi) is 5.60. The van der Waals surface area contributed by atoms with Crippen LogP contribution < -0.4 is 4.74 Å². The first-order chi connectivity index (χ1) is 15.0. The number of hydrogen-bond acceptors (Lipinski definition) is 6. The zero-order valence-electron chi connectivity index (χ0n) is 17.4. The van der Waals surface area contributed by atoms with E-state index in [0.29, 0.717) is 13.1 Å². The third kappa shape index (κ3) is 4.15. The highest BCUT2D eigenvalue weighted by Gasteiger charge is 2.45. The largest absolute Gasteiger partial charge is 0.491 e. The predicted octanol–water partition coefficient (Wildman–Crippen LogP) is 3.44. The van der Waals surface area contributed by atoms with Crippen molar-refractivity contribution in [3.63, 3.8) is 0 Å². The van der Waals surface area contributed by atoms with Gasteiger partial charge in [-0.3, -0.25) is 4.79 Å². The number of fused-ring (bicyclic) bond motifs is 1. The van der Waals surface area contributed by atoms with Crippen molar-refractivity contribution in [3.05, 3.63) is 29.4 Å². The molecule has 2 aliphatic heterocycles. The molecule has 7 nitrogen and oxygen atoms in total. The van der Waals surface area contributed by atoms with Crippen molar-refractivity contribution in [2.24, 2.45) is 0 Å². The molecule has 0 aliphatic carbocycles. The molecule has 1 amide bonds. The maximum Gasteiger partial charge on any atom is 0.471 e. The summed E-state index contributed by atoms with van der Waals surface area (Å²) in [5, 5.41) is 3.25. The monoisotopic (exact) mass is 460 g/mol. The van der Waals surface area contributed by atoms with Gasteiger partial charge >= 0.3 is 12.1 Å². The SMILES string of the molecule is C[C@@H]1COc2cc(-c3noc(C(F)(F)F)n3)cc(F)c2CN1C(=O)C1(F)CCN(C)CC1. The fraction of sp³-hybridized carbons (Fsp3) is 0.550. The van der Waals surface area contributed by atoms with Gasteiger partial charge in [-0.1, -0.05) is 5.16 Å². The van der Waals surface area contributed by atoms with Gasteiger partial charge in [-0.25, -0.2) is 8.78 Å². The second-order valence-corrected chi connectivity index (χ2v) is 8.22. The first kappa shape index (κ1) is 22.4. The normalized spacial score (nSPS) is 21.6. The molecule has 2 aliphatic rings. The van der Waals surface area contributed by atoms with E-state index < -0.39 is 41.3 Å². The molecule has 1 saturated heterocycles. The molecule has 32 heavy (non-hydrogen) atoms. The lowest BCUT2D eigenvalue weighted by molar-refractivity contribution is -0.159. The van der Waals surface area contributed by atoms with Gasteiger partial charge in [0, 0.05) is 37.1 Å². The van der Waals surface area contributed by atoms with Crippen molar-refractivity contribution in [3.8, 4) is 17.1 Å². The molecule has 1 fully saturated rings. The summed E-state index contributed by atoms with van der Waals surface area (Å²) in [5.74, 6) is -3.54. The van der Waals surface area contributed by atoms with Gasteiger partial charge in [0.05, 0.1) is 12.6 Å². The smallest absolute Gasteiger partial charge is 0.471 e. The van der Waals surface area contributed by atoms with Crippen LogP contribution in [0.5, 0.6) is 5.75 Å². The van der Waals surface area contributed by atoms with E-state index in [9.17, 15) is 22.4 Å². The van der Waals surface area contributed by atoms with Crippen LogP contribution in [0.2, 0.25) is 0 Å². The standard InChI is InChI=1S/C20H21F5N4O3/c1-11-10-31-15-8-12(16-26-17(32-27-16)20(23,24)25)7-14(21)13(15)9-29(11)18(30)19(22)3-5-28(2)6-4-19/h7-8,11H,3-6,9-10H2,1-2H3/t11-/m1/s1. The molecule has 0 N–H and O–H groups in total. The van der Waals surface area contributed by atoms with Crippen LogP contribution in [0.25, 0.3) is 11.4 Å². The number of hydrogen-bond donors (Lipinski definition) is 0. The maximum absolute atomic E-state index is 15.4. The molecule has 4 rings (SSSR count). The van der Waals surface area contributed by atoms with E-state index in [-0.39, 0.29) is 42.9 Å². The second kappa shape index (κ2) is 7.98. The zero-order valence-corrected chi connectivity index (χ0v) is 17.4. The summed E-state index contributed by atoms with van der Waals surface area (Å²) >= 11 is 0. The Bertz CT molecular complexity index is 1020. The lowest BCUT2D eigenvalue weighted by Crippen LogP contribution is -2.54. The van der Waals surface area contributed by atoms with E-state index in [1.807, 2.05) is 11.9 Å². The number of nitrogens with zero attached hydrogens (tertiary/aromatic N) is 4. The van der Waals surface area contributed by atoms with Crippen LogP contribution in [0.15, 0.2) is 16.7 Å². The van der Waals surface area contributed by atoms with Gasteiger partial charge in [-0.05, 0) is 26.1 Å². The van der Waals surface area contributed by atoms with Gasteiger partial charge < -0.3 is 19.1 Å². The fourth-order valence-corrected chi connectivity index (χ4v) is 3.82. The van der Waals surface area contributed by atoms with E-state index in [1.54, 1.807) is 6.92 Å². The highest BCUT2D eigenvalue weighted by Crippen LogP contribution is 2.36. The van der Waals surface area contributed by atoms with E-state index >= 15 is 4.39 Å². The number of alkyl halides is 4. The number of rotatable bonds is 2. The van der Waals surface area contributed by atoms with Crippen molar-refractivity contribution in [2.75, 3.05) is 26.7 Å². The first-order valence-electron chi connectivity index (χ1n) is 10.0. The van der Waals surface area contributed by atoms with Crippen molar-refractivity contribution in [1.29, 1.82) is 0 Å². The lowest BCUT2D eigenvalue weighted by atomic mass is 9.91. The molecule has 12 heteroatoms. The number of benzene rings is 1. The topological polar surface area (TPSA) is 71.7 Å². The van der Waals surface area contributed by atoms with Crippen LogP contribution in [-0.2, 0) is 17.5 Å². The van der Waals surface area contributed by atoms with E-state index in [4.69, 9.17) is 4.74 Å². The quantitative estimate of drug-likeness (QED) is 0.640. The Labute approximate surface area is 180 Å². The average Bonchev–Trinajstić information content (AvgIpc) is 3.17. The molecule has 0 unspecified atom stereocenters. The minimum Gasteiger partial charge on any atom is -0.491 e. The van der Waals surface area contributed by atoms with E-state index in [1.165, 1.54) is 11.0 Å². The second-order valence-electron chi connectivity index (χ2n) is 8.22. The molecule has 0 bridgehead atoms. The lowest BCUT2D eigenvalue weighted by Gasteiger charge is -2.38. The van der Waals surface area contributed by atoms with Crippen molar-refractivity contribution < 1.29 is 36.0 Å². The number of likely N-dealkylation sites (tertiary alicyclic amines) is 1. The molecule has 174 valence electrons. The summed E-state index contributed by atoms with van der Waals surface area (Å²) in [6, 6.07) is 1.67. The number of ether oxygens (including phenoxy) is 1. The van der Waals surface area contributed by atoms with Crippen LogP contribution in [0.1, 0.15) is 31.2 Å². The molecule has 1 aromatic heterocycles. The summed E-state index contributed by atoms with van der Waals surface area (Å²) in [4.78, 5) is 19.5. The van der Waals surface area contributed by atoms with Gasteiger partial charge in [0.2, 0.25) is 5.82 Å². The number of piperidine rings is 1. The Morgan fingerprint density at radius 3 is 2.56 bits per heavy atom. The number of halogens is 5. The fourth-order valence-electron chi connectivity index (χ4n) is 3.82. The van der Waals surface area contributed by atoms with E-state index in [0.717, 1.165) is 6.07 Å². The van der Waals surface area contributed by atoms with Crippen molar-refractivity contribution >= 4 is 5.91 Å². The minimum absolute atomic E-state index is 0.00233. The van der Waals surface area contributed by atoms with Crippen LogP contribution in [-0.4, -0.2) is 64.3 Å². The van der Waals surface area contributed by atoms with Crippen LogP contribution in [0.4, 0.5) is 22.0 Å². The van der Waals surface area contributed by atoms with Crippen LogP contribution >= 0.6 is 0 Å². The highest BCUT2D eigenvalue weighted by atomic mass is 19.4. The predicted molar refractivity (Wildman–Crippen MR) is 101 cm³/mol. The molecular weight excluding hydrogens is 439 g/mol. The zero-order chi connectivity index (χ0) is 23.3. The van der Waals surface area contributed by atoms with E-state index in [2.05, 4.69) is 14.7 Å². The summed E-state index contributed by atoms with van der Waals surface area (Å²) in [7, 11) is 1.84. The number of aromatic nitrogens is 2. The third-order valence-electron chi connectivity index (χ3n) is 5.85. The third-order valence-corrected chi connectivity index (χ3v) is 5.85. The molecule has 2 aromatic rings. The molecule has 3 heterocycles. The summed E-state index contributed by atoms with van der Waals surface area (Å²) < 4.78 is 78.4. The van der Waals surface area contributed by atoms with Crippen molar-refractivity contribution in [1.82, 2.24) is 19.9 Å². The van der Waals surface area contributed by atoms with Crippen LogP contribution in [0, 0.1) is 5.82 Å². The molecule has 0 saturated carbocycles. The number of carbonyl (C=O) groups is 1. The van der Waals surface area contributed by atoms with Crippen molar-refractivity contribution in [2.45, 2.75) is 44.2 Å². The summed E-state index contributed by atoms with van der Waals surface area (Å²) in [6.07, 6.45) is -4.75. The molecular formula is C20H21F5N4O3. The Morgan fingerprint density at radius 2 is 1.94 bits per heavy atom. The van der Waals surface area contributed by atoms with Crippen LogP contribution in [0.3, 0.4) is 0 Å². The highest BCUT2D eigenvalue weighted by molar-refractivity contribution is 5.85. The number of amides is 1. The summed E-state index contributed by atoms with van der Waals surface area (Å²) in [5.41, 5.74) is -2.12. The molecule has 0 radical (unpaired) electrons. The van der Waals surface area contributed by atoms with Gasteiger partial charge in [-0.15, -0.1) is 0 Å². The molecule has 1 atom stereocenters. The Balaban J connectivity index is 1.62. The summed E-state index contributed by atoms with van der Waals surface area (Å²) in [6.45, 7) is 2.25. The van der Waals surface area contributed by atoms with Gasteiger partial charge in [-0.2, -0.15) is 18.2 Å².